The molecule has 0 saturated carbocycles. The quantitative estimate of drug-likeness (QED) is 0.810. The Kier molecular flexibility index (Phi) is 4.98. The standard InChI is InChI=1S/C12H15Cl2N3O3S/c13-8-6-9(14)12(10(15)7-8)16-11(18)2-4-17-3-1-5-21(17,19)20/h6-7H,1-5,15H2,(H,16,18). The zero-order valence-corrected chi connectivity index (χ0v) is 13.4. The van der Waals surface area contributed by atoms with Gasteiger partial charge < -0.3 is 11.1 Å². The Bertz CT molecular complexity index is 641. The van der Waals surface area contributed by atoms with Crippen LogP contribution in [0.5, 0.6) is 0 Å². The third kappa shape index (κ3) is 4.00. The highest BCUT2D eigenvalue weighted by Gasteiger charge is 2.28. The predicted molar refractivity (Wildman–Crippen MR) is 84.1 cm³/mol. The lowest BCUT2D eigenvalue weighted by Crippen LogP contribution is -2.29. The summed E-state index contributed by atoms with van der Waals surface area (Å²) in [6.07, 6.45) is 0.636. The molecule has 0 spiro atoms. The van der Waals surface area contributed by atoms with E-state index in [1.54, 1.807) is 0 Å². The second kappa shape index (κ2) is 6.39. The van der Waals surface area contributed by atoms with Crippen molar-refractivity contribution in [2.24, 2.45) is 0 Å². The monoisotopic (exact) mass is 351 g/mol. The molecule has 1 aliphatic heterocycles. The number of hydrogen-bond donors (Lipinski definition) is 2. The number of hydrogen-bond acceptors (Lipinski definition) is 4. The zero-order valence-electron chi connectivity index (χ0n) is 11.1. The van der Waals surface area contributed by atoms with Crippen molar-refractivity contribution in [2.75, 3.05) is 29.9 Å². The van der Waals surface area contributed by atoms with Gasteiger partial charge in [0, 0.05) is 24.5 Å². The van der Waals surface area contributed by atoms with E-state index in [-0.39, 0.29) is 41.0 Å². The minimum atomic E-state index is -3.19. The maximum Gasteiger partial charge on any atom is 0.225 e. The van der Waals surface area contributed by atoms with Crippen LogP contribution in [0.15, 0.2) is 12.1 Å². The highest BCUT2D eigenvalue weighted by molar-refractivity contribution is 7.89. The average Bonchev–Trinajstić information content (AvgIpc) is 2.70. The van der Waals surface area contributed by atoms with Gasteiger partial charge in [-0.05, 0) is 18.6 Å². The van der Waals surface area contributed by atoms with E-state index in [9.17, 15) is 13.2 Å². The molecular formula is C12H15Cl2N3O3S. The number of sulfonamides is 1. The maximum atomic E-state index is 11.9. The molecule has 3 N–H and O–H groups in total. The molecule has 1 aromatic carbocycles. The highest BCUT2D eigenvalue weighted by Crippen LogP contribution is 2.32. The molecule has 1 amide bonds. The second-order valence-electron chi connectivity index (χ2n) is 4.72. The molecule has 1 aliphatic rings. The van der Waals surface area contributed by atoms with Gasteiger partial charge in [-0.2, -0.15) is 0 Å². The third-order valence-electron chi connectivity index (χ3n) is 3.14. The second-order valence-corrected chi connectivity index (χ2v) is 7.65. The van der Waals surface area contributed by atoms with Crippen molar-refractivity contribution in [3.63, 3.8) is 0 Å². The van der Waals surface area contributed by atoms with Crippen LogP contribution in [-0.4, -0.2) is 37.5 Å². The lowest BCUT2D eigenvalue weighted by Gasteiger charge is -2.15. The lowest BCUT2D eigenvalue weighted by molar-refractivity contribution is -0.116. The molecule has 2 rings (SSSR count). The summed E-state index contributed by atoms with van der Waals surface area (Å²) in [6, 6.07) is 2.95. The SMILES string of the molecule is Nc1cc(Cl)cc(Cl)c1NC(=O)CCN1CCCS1(=O)=O. The summed E-state index contributed by atoms with van der Waals surface area (Å²) in [6.45, 7) is 0.610. The fourth-order valence-corrected chi connectivity index (χ4v) is 4.18. The summed E-state index contributed by atoms with van der Waals surface area (Å²) in [5.74, 6) is -0.210. The van der Waals surface area contributed by atoms with Gasteiger partial charge in [0.1, 0.15) is 0 Å². The number of nitrogen functional groups attached to an aromatic ring is 1. The largest absolute Gasteiger partial charge is 0.397 e. The highest BCUT2D eigenvalue weighted by atomic mass is 35.5. The molecule has 1 saturated heterocycles. The van der Waals surface area contributed by atoms with Crippen LogP contribution in [-0.2, 0) is 14.8 Å². The minimum absolute atomic E-state index is 0.0393. The average molecular weight is 352 g/mol. The first-order valence-corrected chi connectivity index (χ1v) is 8.68. The molecule has 0 atom stereocenters. The molecule has 0 aromatic heterocycles. The molecule has 0 aliphatic carbocycles. The molecule has 9 heteroatoms. The Morgan fingerprint density at radius 2 is 2.10 bits per heavy atom. The Hall–Kier alpha value is -1.02. The summed E-state index contributed by atoms with van der Waals surface area (Å²) in [5, 5.41) is 3.19. The van der Waals surface area contributed by atoms with Crippen molar-refractivity contribution >= 4 is 50.5 Å². The first kappa shape index (κ1) is 16.4. The van der Waals surface area contributed by atoms with Crippen LogP contribution in [0.4, 0.5) is 11.4 Å². The van der Waals surface area contributed by atoms with E-state index in [0.717, 1.165) is 0 Å². The van der Waals surface area contributed by atoms with E-state index in [4.69, 9.17) is 28.9 Å². The number of benzene rings is 1. The number of anilines is 2. The van der Waals surface area contributed by atoms with Crippen LogP contribution in [0, 0.1) is 0 Å². The number of halogens is 2. The molecule has 21 heavy (non-hydrogen) atoms. The lowest BCUT2D eigenvalue weighted by atomic mass is 10.2. The number of carbonyl (C=O) groups is 1. The molecular weight excluding hydrogens is 337 g/mol. The van der Waals surface area contributed by atoms with Gasteiger partial charge in [-0.25, -0.2) is 12.7 Å². The van der Waals surface area contributed by atoms with Gasteiger partial charge in [-0.1, -0.05) is 23.2 Å². The molecule has 0 radical (unpaired) electrons. The van der Waals surface area contributed by atoms with E-state index in [0.29, 0.717) is 18.0 Å². The van der Waals surface area contributed by atoms with Gasteiger partial charge in [-0.3, -0.25) is 4.79 Å². The normalized spacial score (nSPS) is 17.8. The Morgan fingerprint density at radius 3 is 2.67 bits per heavy atom. The topological polar surface area (TPSA) is 92.5 Å². The number of rotatable bonds is 4. The van der Waals surface area contributed by atoms with E-state index in [2.05, 4.69) is 5.32 Å². The maximum absolute atomic E-state index is 11.9. The Morgan fingerprint density at radius 1 is 1.38 bits per heavy atom. The molecule has 6 nitrogen and oxygen atoms in total. The minimum Gasteiger partial charge on any atom is -0.397 e. The van der Waals surface area contributed by atoms with Gasteiger partial charge in [-0.15, -0.1) is 0 Å². The van der Waals surface area contributed by atoms with Gasteiger partial charge in [0.05, 0.1) is 22.2 Å². The number of amides is 1. The summed E-state index contributed by atoms with van der Waals surface area (Å²) in [7, 11) is -3.19. The first-order valence-electron chi connectivity index (χ1n) is 6.32. The molecule has 1 aromatic rings. The van der Waals surface area contributed by atoms with Crippen molar-refractivity contribution in [3.8, 4) is 0 Å². The van der Waals surface area contributed by atoms with Crippen LogP contribution >= 0.6 is 23.2 Å². The Labute approximate surface area is 133 Å². The molecule has 0 bridgehead atoms. The van der Waals surface area contributed by atoms with E-state index in [1.807, 2.05) is 0 Å². The van der Waals surface area contributed by atoms with E-state index >= 15 is 0 Å². The first-order chi connectivity index (χ1) is 9.79. The van der Waals surface area contributed by atoms with Crippen molar-refractivity contribution in [1.29, 1.82) is 0 Å². The van der Waals surface area contributed by atoms with Crippen molar-refractivity contribution < 1.29 is 13.2 Å². The number of nitrogens with zero attached hydrogens (tertiary/aromatic N) is 1. The van der Waals surface area contributed by atoms with E-state index in [1.165, 1.54) is 16.4 Å². The summed E-state index contributed by atoms with van der Waals surface area (Å²) >= 11 is 11.8. The molecule has 1 heterocycles. The Balaban J connectivity index is 1.97. The van der Waals surface area contributed by atoms with Crippen LogP contribution in [0.2, 0.25) is 10.0 Å². The van der Waals surface area contributed by atoms with Crippen molar-refractivity contribution in [1.82, 2.24) is 4.31 Å². The fourth-order valence-electron chi connectivity index (χ4n) is 2.10. The van der Waals surface area contributed by atoms with Crippen LogP contribution in [0.25, 0.3) is 0 Å². The zero-order chi connectivity index (χ0) is 15.6. The summed E-state index contributed by atoms with van der Waals surface area (Å²) in [4.78, 5) is 11.9. The third-order valence-corrected chi connectivity index (χ3v) is 5.61. The molecule has 0 unspecified atom stereocenters. The predicted octanol–water partition coefficient (Wildman–Crippen LogP) is 1.94. The van der Waals surface area contributed by atoms with Gasteiger partial charge in [0.2, 0.25) is 15.9 Å². The van der Waals surface area contributed by atoms with Crippen molar-refractivity contribution in [3.05, 3.63) is 22.2 Å². The van der Waals surface area contributed by atoms with Crippen LogP contribution in [0.1, 0.15) is 12.8 Å². The smallest absolute Gasteiger partial charge is 0.225 e. The number of nitrogens with two attached hydrogens (primary N) is 1. The van der Waals surface area contributed by atoms with Gasteiger partial charge in [0.25, 0.3) is 0 Å². The van der Waals surface area contributed by atoms with Crippen LogP contribution in [0.3, 0.4) is 0 Å². The van der Waals surface area contributed by atoms with Crippen LogP contribution < -0.4 is 11.1 Å². The van der Waals surface area contributed by atoms with Gasteiger partial charge >= 0.3 is 0 Å². The summed E-state index contributed by atoms with van der Waals surface area (Å²) in [5.41, 5.74) is 6.29. The number of carbonyl (C=O) groups excluding carboxylic acids is 1. The van der Waals surface area contributed by atoms with Crippen molar-refractivity contribution in [2.45, 2.75) is 12.8 Å². The summed E-state index contributed by atoms with van der Waals surface area (Å²) < 4.78 is 24.6. The van der Waals surface area contributed by atoms with E-state index < -0.39 is 10.0 Å². The number of nitrogens with one attached hydrogen (secondary N) is 1. The van der Waals surface area contributed by atoms with Gasteiger partial charge in [0.15, 0.2) is 0 Å². The fraction of sp³-hybridized carbons (Fsp3) is 0.417. The molecule has 1 fully saturated rings. The molecule has 116 valence electrons.